The quantitative estimate of drug-likeness (QED) is 0.535. The van der Waals surface area contributed by atoms with Gasteiger partial charge in [0.25, 0.3) is 0 Å². The summed E-state index contributed by atoms with van der Waals surface area (Å²) in [6.07, 6.45) is 0.692. The summed E-state index contributed by atoms with van der Waals surface area (Å²) in [7, 11) is -3.83. The molecule has 0 saturated carbocycles. The normalized spacial score (nSPS) is 14.3. The minimum atomic E-state index is -3.83. The van der Waals surface area contributed by atoms with Gasteiger partial charge in [0.2, 0.25) is 18.6 Å². The Balaban J connectivity index is 1.56. The standard InChI is InChI=1S/C23H25BrN2O6S/c1-3-21(27)26-9-7-15-11-16(24)12-20(23(15)26)33(29,30)10-8-22(28)25(4-2)17-5-6-18-19(13-17)32-14-31-18/h5-6,11-13H,3-4,7-10,14H2,1-2H3. The van der Waals surface area contributed by atoms with Gasteiger partial charge < -0.3 is 19.3 Å². The molecule has 0 radical (unpaired) electrons. The number of ether oxygens (including phenoxy) is 2. The topological polar surface area (TPSA) is 93.2 Å². The summed E-state index contributed by atoms with van der Waals surface area (Å²) in [5.74, 6) is 0.372. The van der Waals surface area contributed by atoms with E-state index in [1.807, 2.05) is 13.0 Å². The molecule has 0 saturated heterocycles. The van der Waals surface area contributed by atoms with Gasteiger partial charge in [-0.1, -0.05) is 22.9 Å². The van der Waals surface area contributed by atoms with E-state index in [2.05, 4.69) is 15.9 Å². The molecule has 0 unspecified atom stereocenters. The Hall–Kier alpha value is -2.59. The van der Waals surface area contributed by atoms with Crippen LogP contribution < -0.4 is 19.3 Å². The molecule has 2 aromatic carbocycles. The van der Waals surface area contributed by atoms with Gasteiger partial charge in [0.05, 0.1) is 16.3 Å². The minimum Gasteiger partial charge on any atom is -0.454 e. The van der Waals surface area contributed by atoms with Gasteiger partial charge in [-0.25, -0.2) is 8.42 Å². The largest absolute Gasteiger partial charge is 0.454 e. The lowest BCUT2D eigenvalue weighted by Gasteiger charge is -2.22. The monoisotopic (exact) mass is 536 g/mol. The van der Waals surface area contributed by atoms with Crippen LogP contribution in [0.1, 0.15) is 32.3 Å². The number of sulfone groups is 1. The number of hydrogen-bond donors (Lipinski definition) is 0. The lowest BCUT2D eigenvalue weighted by Crippen LogP contribution is -2.32. The summed E-state index contributed by atoms with van der Waals surface area (Å²) in [6, 6.07) is 8.57. The Kier molecular flexibility index (Phi) is 6.67. The number of fused-ring (bicyclic) bond motifs is 2. The van der Waals surface area contributed by atoms with E-state index in [1.165, 1.54) is 11.0 Å². The van der Waals surface area contributed by atoms with Crippen molar-refractivity contribution in [3.63, 3.8) is 0 Å². The highest BCUT2D eigenvalue weighted by molar-refractivity contribution is 9.10. The summed E-state index contributed by atoms with van der Waals surface area (Å²) in [6.45, 7) is 4.54. The number of rotatable bonds is 7. The van der Waals surface area contributed by atoms with Crippen LogP contribution in [-0.2, 0) is 25.8 Å². The fourth-order valence-corrected chi connectivity index (χ4v) is 6.33. The van der Waals surface area contributed by atoms with E-state index in [4.69, 9.17) is 9.47 Å². The van der Waals surface area contributed by atoms with Crippen molar-refractivity contribution in [2.24, 2.45) is 0 Å². The van der Waals surface area contributed by atoms with Gasteiger partial charge in [0.1, 0.15) is 0 Å². The van der Waals surface area contributed by atoms with Crippen LogP contribution in [-0.4, -0.2) is 45.9 Å². The summed E-state index contributed by atoms with van der Waals surface area (Å²) in [5, 5.41) is 0. The average molecular weight is 537 g/mol. The smallest absolute Gasteiger partial charge is 0.231 e. The van der Waals surface area contributed by atoms with Crippen LogP contribution >= 0.6 is 15.9 Å². The lowest BCUT2D eigenvalue weighted by molar-refractivity contribution is -0.119. The van der Waals surface area contributed by atoms with Crippen molar-refractivity contribution in [3.05, 3.63) is 40.4 Å². The molecule has 33 heavy (non-hydrogen) atoms. The van der Waals surface area contributed by atoms with Gasteiger partial charge in [-0.05, 0) is 43.2 Å². The van der Waals surface area contributed by atoms with Crippen molar-refractivity contribution in [3.8, 4) is 11.5 Å². The number of halogens is 1. The Bertz CT molecular complexity index is 1210. The van der Waals surface area contributed by atoms with E-state index in [-0.39, 0.29) is 42.1 Å². The maximum atomic E-state index is 13.3. The zero-order chi connectivity index (χ0) is 23.8. The summed E-state index contributed by atoms with van der Waals surface area (Å²) < 4.78 is 38.0. The predicted molar refractivity (Wildman–Crippen MR) is 128 cm³/mol. The number of carbonyl (C=O) groups excluding carboxylic acids is 2. The molecule has 176 valence electrons. The van der Waals surface area contributed by atoms with Gasteiger partial charge in [-0.3, -0.25) is 9.59 Å². The van der Waals surface area contributed by atoms with Gasteiger partial charge in [0, 0.05) is 42.2 Å². The number of hydrogen-bond acceptors (Lipinski definition) is 6. The van der Waals surface area contributed by atoms with Crippen LogP contribution in [0.2, 0.25) is 0 Å². The number of amides is 2. The molecule has 0 bridgehead atoms. The first-order chi connectivity index (χ1) is 15.7. The Labute approximate surface area is 201 Å². The van der Waals surface area contributed by atoms with E-state index < -0.39 is 9.84 Å². The second kappa shape index (κ2) is 9.34. The van der Waals surface area contributed by atoms with Gasteiger partial charge in [0.15, 0.2) is 21.3 Å². The van der Waals surface area contributed by atoms with Crippen molar-refractivity contribution >= 4 is 49.0 Å². The van der Waals surface area contributed by atoms with Crippen LogP contribution in [0.4, 0.5) is 11.4 Å². The second-order valence-corrected chi connectivity index (χ2v) is 10.8. The van der Waals surface area contributed by atoms with Gasteiger partial charge in [-0.15, -0.1) is 0 Å². The van der Waals surface area contributed by atoms with Crippen LogP contribution in [0.15, 0.2) is 39.7 Å². The first kappa shape index (κ1) is 23.6. The molecule has 0 aromatic heterocycles. The van der Waals surface area contributed by atoms with E-state index in [1.54, 1.807) is 30.0 Å². The van der Waals surface area contributed by atoms with Crippen LogP contribution in [0.3, 0.4) is 0 Å². The molecule has 0 spiro atoms. The van der Waals surface area contributed by atoms with Gasteiger partial charge in [-0.2, -0.15) is 0 Å². The lowest BCUT2D eigenvalue weighted by atomic mass is 10.2. The van der Waals surface area contributed by atoms with E-state index >= 15 is 0 Å². The molecule has 0 N–H and O–H groups in total. The summed E-state index contributed by atoms with van der Waals surface area (Å²) >= 11 is 3.39. The summed E-state index contributed by atoms with van der Waals surface area (Å²) in [4.78, 5) is 28.6. The molecular formula is C23H25BrN2O6S. The first-order valence-electron chi connectivity index (χ1n) is 10.8. The molecular weight excluding hydrogens is 512 g/mol. The molecule has 0 aliphatic carbocycles. The molecule has 2 aromatic rings. The number of benzene rings is 2. The number of anilines is 2. The zero-order valence-electron chi connectivity index (χ0n) is 18.5. The molecule has 4 rings (SSSR count). The van der Waals surface area contributed by atoms with Crippen LogP contribution in [0.25, 0.3) is 0 Å². The van der Waals surface area contributed by atoms with E-state index in [0.29, 0.717) is 46.9 Å². The van der Waals surface area contributed by atoms with E-state index in [0.717, 1.165) is 5.56 Å². The summed E-state index contributed by atoms with van der Waals surface area (Å²) in [5.41, 5.74) is 1.87. The zero-order valence-corrected chi connectivity index (χ0v) is 20.9. The Morgan fingerprint density at radius 1 is 1.12 bits per heavy atom. The predicted octanol–water partition coefficient (Wildman–Crippen LogP) is 3.69. The Morgan fingerprint density at radius 2 is 1.88 bits per heavy atom. The molecule has 2 amide bonds. The third kappa shape index (κ3) is 4.59. The fraction of sp³-hybridized carbons (Fsp3) is 0.391. The van der Waals surface area contributed by atoms with Crippen molar-refractivity contribution in [1.29, 1.82) is 0 Å². The van der Waals surface area contributed by atoms with Crippen molar-refractivity contribution < 1.29 is 27.5 Å². The first-order valence-corrected chi connectivity index (χ1v) is 13.2. The molecule has 8 nitrogen and oxygen atoms in total. The van der Waals surface area contributed by atoms with E-state index in [9.17, 15) is 18.0 Å². The van der Waals surface area contributed by atoms with Crippen LogP contribution in [0, 0.1) is 0 Å². The fourth-order valence-electron chi connectivity index (χ4n) is 4.17. The second-order valence-electron chi connectivity index (χ2n) is 7.81. The number of nitrogens with zero attached hydrogens (tertiary/aromatic N) is 2. The van der Waals surface area contributed by atoms with Crippen molar-refractivity contribution in [2.75, 3.05) is 35.4 Å². The minimum absolute atomic E-state index is 0.0881. The third-order valence-corrected chi connectivity index (χ3v) is 7.98. The number of carbonyl (C=O) groups is 2. The van der Waals surface area contributed by atoms with Crippen molar-refractivity contribution in [2.45, 2.75) is 38.0 Å². The molecule has 0 atom stereocenters. The molecule has 0 fully saturated rings. The highest BCUT2D eigenvalue weighted by Crippen LogP contribution is 2.39. The molecule has 2 aliphatic rings. The highest BCUT2D eigenvalue weighted by Gasteiger charge is 2.32. The highest BCUT2D eigenvalue weighted by atomic mass is 79.9. The molecule has 2 aliphatic heterocycles. The maximum Gasteiger partial charge on any atom is 0.231 e. The van der Waals surface area contributed by atoms with Crippen molar-refractivity contribution in [1.82, 2.24) is 0 Å². The third-order valence-electron chi connectivity index (χ3n) is 5.80. The van der Waals surface area contributed by atoms with Crippen LogP contribution in [0.5, 0.6) is 11.5 Å². The SMILES string of the molecule is CCC(=O)N1CCc2cc(Br)cc(S(=O)(=O)CCC(=O)N(CC)c3ccc4c(c3)OCO4)c21. The Morgan fingerprint density at radius 3 is 2.61 bits per heavy atom. The molecule has 10 heteroatoms. The maximum absolute atomic E-state index is 13.3. The van der Waals surface area contributed by atoms with Gasteiger partial charge >= 0.3 is 0 Å². The average Bonchev–Trinajstić information content (AvgIpc) is 3.43. The molecule has 2 heterocycles.